The third-order valence-corrected chi connectivity index (χ3v) is 4.16. The minimum atomic E-state index is 0. The summed E-state index contributed by atoms with van der Waals surface area (Å²) in [6.07, 6.45) is 6.88. The Balaban J connectivity index is 0.000000233. The Labute approximate surface area is 210 Å². The molecule has 5 aromatic rings. The molecule has 0 spiro atoms. The molecule has 0 bridgehead atoms. The maximum atomic E-state index is 4.59. The molecule has 0 amide bonds. The fourth-order valence-corrected chi connectivity index (χ4v) is 2.68. The van der Waals surface area contributed by atoms with Crippen LogP contribution in [0.5, 0.6) is 0 Å². The van der Waals surface area contributed by atoms with E-state index >= 15 is 0 Å². The van der Waals surface area contributed by atoms with E-state index in [4.69, 9.17) is 0 Å². The predicted octanol–water partition coefficient (Wildman–Crippen LogP) is 5.27. The first-order valence-electron chi connectivity index (χ1n) is 9.92. The van der Waals surface area contributed by atoms with Crippen LogP contribution in [0.4, 0.5) is 11.6 Å². The van der Waals surface area contributed by atoms with Crippen molar-refractivity contribution in [3.8, 4) is 22.8 Å². The minimum Gasteiger partial charge on any atom is -0.412 e. The Hall–Kier alpha value is -4.07. The van der Waals surface area contributed by atoms with Gasteiger partial charge < -0.3 is 5.48 Å². The summed E-state index contributed by atoms with van der Waals surface area (Å²) in [5.41, 5.74) is 3.46. The number of hydrogen-bond acceptors (Lipinski definition) is 7. The van der Waals surface area contributed by atoms with Crippen LogP contribution in [0.25, 0.3) is 22.8 Å². The largest absolute Gasteiger partial charge is 0.412 e. The SMILES string of the molecule is O.[Ru].c1ccc(-c2cccc(-c3ccccn3)n2)nc1.c1ccc(N=Nc2ccccn2)nc1. The summed E-state index contributed by atoms with van der Waals surface area (Å²) >= 11 is 0. The second-order valence-corrected chi connectivity index (χ2v) is 6.41. The van der Waals surface area contributed by atoms with Crippen molar-refractivity contribution in [2.75, 3.05) is 0 Å². The van der Waals surface area contributed by atoms with Crippen molar-refractivity contribution in [1.82, 2.24) is 24.9 Å². The number of nitrogens with zero attached hydrogens (tertiary/aromatic N) is 7. The van der Waals surface area contributed by atoms with Crippen LogP contribution >= 0.6 is 0 Å². The molecule has 2 N–H and O–H groups in total. The van der Waals surface area contributed by atoms with Gasteiger partial charge in [-0.15, -0.1) is 10.2 Å². The Morgan fingerprint density at radius 3 is 1.15 bits per heavy atom. The molecule has 5 rings (SSSR count). The first-order chi connectivity index (χ1) is 15.9. The van der Waals surface area contributed by atoms with Crippen LogP contribution in [0.15, 0.2) is 126 Å². The average Bonchev–Trinajstić information content (AvgIpc) is 2.90. The number of hydrogen-bond donors (Lipinski definition) is 0. The quantitative estimate of drug-likeness (QED) is 0.229. The topological polar surface area (TPSA) is 121 Å². The summed E-state index contributed by atoms with van der Waals surface area (Å²) in [6.45, 7) is 0. The molecule has 0 atom stereocenters. The Kier molecular flexibility index (Phi) is 10.9. The molecule has 0 aromatic carbocycles. The van der Waals surface area contributed by atoms with Gasteiger partial charge in [0.15, 0.2) is 11.6 Å². The Morgan fingerprint density at radius 1 is 0.412 bits per heavy atom. The molecular weight excluding hydrogens is 515 g/mol. The van der Waals surface area contributed by atoms with E-state index in [9.17, 15) is 0 Å². The van der Waals surface area contributed by atoms with Gasteiger partial charge in [0.2, 0.25) is 0 Å². The Bertz CT molecular complexity index is 1160. The third-order valence-electron chi connectivity index (χ3n) is 4.16. The van der Waals surface area contributed by atoms with E-state index in [1.54, 1.807) is 36.9 Å². The minimum absolute atomic E-state index is 0. The van der Waals surface area contributed by atoms with E-state index in [0.29, 0.717) is 11.6 Å². The maximum absolute atomic E-state index is 4.59. The van der Waals surface area contributed by atoms with Crippen molar-refractivity contribution >= 4 is 11.6 Å². The molecule has 0 aliphatic heterocycles. The second-order valence-electron chi connectivity index (χ2n) is 6.41. The maximum Gasteiger partial charge on any atom is 0.174 e. The van der Waals surface area contributed by atoms with Crippen molar-refractivity contribution in [3.05, 3.63) is 116 Å². The summed E-state index contributed by atoms with van der Waals surface area (Å²) in [7, 11) is 0. The van der Waals surface area contributed by atoms with Gasteiger partial charge in [0, 0.05) is 44.3 Å². The molecule has 5 aromatic heterocycles. The van der Waals surface area contributed by atoms with Crippen LogP contribution < -0.4 is 0 Å². The average molecular weight is 537 g/mol. The molecule has 0 saturated heterocycles. The normalized spacial score (nSPS) is 9.76. The predicted molar refractivity (Wildman–Crippen MR) is 127 cm³/mol. The molecule has 0 unspecified atom stereocenters. The molecule has 0 aliphatic rings. The van der Waals surface area contributed by atoms with E-state index in [1.807, 2.05) is 78.9 Å². The first-order valence-corrected chi connectivity index (χ1v) is 9.92. The van der Waals surface area contributed by atoms with Crippen molar-refractivity contribution in [3.63, 3.8) is 0 Å². The number of aromatic nitrogens is 5. The van der Waals surface area contributed by atoms with E-state index in [-0.39, 0.29) is 25.0 Å². The first kappa shape index (κ1) is 26.2. The van der Waals surface area contributed by atoms with Gasteiger partial charge in [-0.05, 0) is 60.7 Å². The van der Waals surface area contributed by atoms with E-state index in [1.165, 1.54) is 0 Å². The molecule has 0 saturated carbocycles. The fourth-order valence-electron chi connectivity index (χ4n) is 2.68. The summed E-state index contributed by atoms with van der Waals surface area (Å²) in [5.74, 6) is 1.16. The van der Waals surface area contributed by atoms with E-state index in [2.05, 4.69) is 35.1 Å². The summed E-state index contributed by atoms with van der Waals surface area (Å²) < 4.78 is 0. The van der Waals surface area contributed by atoms with Gasteiger partial charge in [-0.2, -0.15) is 0 Å². The molecule has 8 nitrogen and oxygen atoms in total. The van der Waals surface area contributed by atoms with Gasteiger partial charge in [0.25, 0.3) is 0 Å². The smallest absolute Gasteiger partial charge is 0.174 e. The zero-order valence-corrected chi connectivity index (χ0v) is 19.7. The molecule has 34 heavy (non-hydrogen) atoms. The van der Waals surface area contributed by atoms with Crippen LogP contribution in [0.3, 0.4) is 0 Å². The van der Waals surface area contributed by atoms with Gasteiger partial charge in [-0.3, -0.25) is 9.97 Å². The summed E-state index contributed by atoms with van der Waals surface area (Å²) in [6, 6.07) is 28.4. The van der Waals surface area contributed by atoms with Gasteiger partial charge in [0.05, 0.1) is 22.8 Å². The summed E-state index contributed by atoms with van der Waals surface area (Å²) in [5, 5.41) is 7.86. The summed E-state index contributed by atoms with van der Waals surface area (Å²) in [4.78, 5) is 21.2. The van der Waals surface area contributed by atoms with Crippen LogP contribution in [0.2, 0.25) is 0 Å². The van der Waals surface area contributed by atoms with Crippen molar-refractivity contribution in [2.24, 2.45) is 10.2 Å². The van der Waals surface area contributed by atoms with Crippen LogP contribution in [-0.4, -0.2) is 30.4 Å². The van der Waals surface area contributed by atoms with Crippen molar-refractivity contribution in [1.29, 1.82) is 0 Å². The van der Waals surface area contributed by atoms with Crippen LogP contribution in [0.1, 0.15) is 0 Å². The fraction of sp³-hybridized carbons (Fsp3) is 0. The number of rotatable bonds is 4. The Morgan fingerprint density at radius 2 is 0.794 bits per heavy atom. The number of pyridine rings is 5. The molecule has 170 valence electrons. The monoisotopic (exact) mass is 537 g/mol. The molecular formula is C25H21N7ORu. The molecule has 0 radical (unpaired) electrons. The molecule has 9 heteroatoms. The van der Waals surface area contributed by atoms with Crippen LogP contribution in [-0.2, 0) is 19.5 Å². The third kappa shape index (κ3) is 7.81. The second kappa shape index (κ2) is 14.2. The van der Waals surface area contributed by atoms with E-state index in [0.717, 1.165) is 22.8 Å². The van der Waals surface area contributed by atoms with Crippen molar-refractivity contribution < 1.29 is 25.0 Å². The van der Waals surface area contributed by atoms with Crippen LogP contribution in [0, 0.1) is 0 Å². The zero-order valence-electron chi connectivity index (χ0n) is 18.0. The van der Waals surface area contributed by atoms with Gasteiger partial charge in [-0.25, -0.2) is 15.0 Å². The van der Waals surface area contributed by atoms with Gasteiger partial charge >= 0.3 is 0 Å². The molecule has 0 fully saturated rings. The van der Waals surface area contributed by atoms with E-state index < -0.39 is 0 Å². The molecule has 5 heterocycles. The molecule has 0 aliphatic carbocycles. The van der Waals surface area contributed by atoms with Crippen molar-refractivity contribution in [2.45, 2.75) is 0 Å². The van der Waals surface area contributed by atoms with Gasteiger partial charge in [0.1, 0.15) is 0 Å². The zero-order chi connectivity index (χ0) is 21.8. The number of azo groups is 1. The standard InChI is InChI=1S/C15H11N3.C10H8N4.H2O.Ru/c1-3-10-16-12(6-1)14-8-5-9-15(18-14)13-7-2-4-11-17-13;1-3-7-11-9(5-1)13-14-10-6-2-4-8-12-10;;/h1-11H;1-8H;1H2;. The van der Waals surface area contributed by atoms with Gasteiger partial charge in [-0.1, -0.05) is 30.3 Å².